The Hall–Kier alpha value is -3.00. The molecule has 3 aliphatic rings. The fraction of sp³-hybridized carbons (Fsp3) is 0.0909. The molecule has 0 saturated heterocycles. The van der Waals surface area contributed by atoms with Gasteiger partial charge in [-0.15, -0.1) is 0 Å². The number of hydrogen-bond acceptors (Lipinski definition) is 2. The molecule has 0 bridgehead atoms. The fourth-order valence-electron chi connectivity index (χ4n) is 3.79. The van der Waals surface area contributed by atoms with E-state index in [-0.39, 0.29) is 17.5 Å². The third-order valence-corrected chi connectivity index (χ3v) is 5.01. The van der Waals surface area contributed by atoms with E-state index in [1.54, 1.807) is 6.08 Å². The van der Waals surface area contributed by atoms with Crippen molar-refractivity contribution in [3.63, 3.8) is 0 Å². The van der Waals surface area contributed by atoms with Crippen LogP contribution in [0.4, 0.5) is 0 Å². The molecule has 0 saturated carbocycles. The lowest BCUT2D eigenvalue weighted by Crippen LogP contribution is -2.20. The highest BCUT2D eigenvalue weighted by atomic mass is 16.1. The summed E-state index contributed by atoms with van der Waals surface area (Å²) in [6.07, 6.45) is 10.1. The van der Waals surface area contributed by atoms with Gasteiger partial charge in [0.25, 0.3) is 0 Å². The summed E-state index contributed by atoms with van der Waals surface area (Å²) in [7, 11) is 0. The second kappa shape index (κ2) is 4.75. The van der Waals surface area contributed by atoms with Crippen LogP contribution in [-0.4, -0.2) is 11.6 Å². The summed E-state index contributed by atoms with van der Waals surface area (Å²) in [6, 6.07) is 12.1. The molecule has 0 N–H and O–H groups in total. The fourth-order valence-corrected chi connectivity index (χ4v) is 3.79. The molecule has 0 aromatic heterocycles. The topological polar surface area (TPSA) is 34.1 Å². The van der Waals surface area contributed by atoms with E-state index in [1.165, 1.54) is 0 Å². The highest BCUT2D eigenvalue weighted by Gasteiger charge is 2.29. The van der Waals surface area contributed by atoms with E-state index < -0.39 is 0 Å². The zero-order valence-electron chi connectivity index (χ0n) is 13.0. The van der Waals surface area contributed by atoms with E-state index >= 15 is 0 Å². The van der Waals surface area contributed by atoms with E-state index in [0.29, 0.717) is 6.42 Å². The first-order valence-corrected chi connectivity index (χ1v) is 8.12. The van der Waals surface area contributed by atoms with Gasteiger partial charge in [0, 0.05) is 23.5 Å². The largest absolute Gasteiger partial charge is 0.295 e. The van der Waals surface area contributed by atoms with Crippen molar-refractivity contribution in [2.75, 3.05) is 0 Å². The number of carbonyl (C=O) groups excluding carboxylic acids is 2. The van der Waals surface area contributed by atoms with Gasteiger partial charge in [-0.05, 0) is 46.2 Å². The quantitative estimate of drug-likeness (QED) is 0.721. The Labute approximate surface area is 139 Å². The van der Waals surface area contributed by atoms with Gasteiger partial charge in [0.2, 0.25) is 0 Å². The summed E-state index contributed by atoms with van der Waals surface area (Å²) >= 11 is 0. The molecular formula is C22H14O2. The molecular weight excluding hydrogens is 296 g/mol. The smallest absolute Gasteiger partial charge is 0.193 e. The number of benzene rings is 2. The molecule has 3 aliphatic carbocycles. The zero-order valence-corrected chi connectivity index (χ0v) is 13.0. The maximum atomic E-state index is 13.0. The average Bonchev–Trinajstić information content (AvgIpc) is 2.59. The lowest BCUT2D eigenvalue weighted by molar-refractivity contribution is -0.114. The first-order chi connectivity index (χ1) is 11.7. The molecule has 0 radical (unpaired) electrons. The summed E-state index contributed by atoms with van der Waals surface area (Å²) in [6.45, 7) is 0. The van der Waals surface area contributed by atoms with Gasteiger partial charge in [0.1, 0.15) is 0 Å². The molecule has 0 aliphatic heterocycles. The first-order valence-electron chi connectivity index (χ1n) is 8.12. The number of rotatable bonds is 0. The maximum absolute atomic E-state index is 13.0. The second-order valence-electron chi connectivity index (χ2n) is 6.54. The molecule has 2 heteroatoms. The van der Waals surface area contributed by atoms with Gasteiger partial charge in [-0.1, -0.05) is 48.1 Å². The molecule has 0 fully saturated rings. The van der Waals surface area contributed by atoms with E-state index in [2.05, 4.69) is 18.2 Å². The first kappa shape index (κ1) is 13.4. The van der Waals surface area contributed by atoms with Crippen molar-refractivity contribution in [3.8, 4) is 0 Å². The van der Waals surface area contributed by atoms with Crippen molar-refractivity contribution < 1.29 is 9.59 Å². The molecule has 2 aromatic carbocycles. The lowest BCUT2D eigenvalue weighted by atomic mass is 9.76. The van der Waals surface area contributed by atoms with Gasteiger partial charge in [-0.3, -0.25) is 9.59 Å². The SMILES string of the molecule is O=C1C=CC2C=C3C(=O)c4cc5ccccc5cc4C=C3C=C2C1. The highest BCUT2D eigenvalue weighted by molar-refractivity contribution is 6.19. The third-order valence-electron chi connectivity index (χ3n) is 5.01. The summed E-state index contributed by atoms with van der Waals surface area (Å²) in [5, 5.41) is 2.21. The van der Waals surface area contributed by atoms with Crippen LogP contribution in [0.3, 0.4) is 0 Å². The summed E-state index contributed by atoms with van der Waals surface area (Å²) in [4.78, 5) is 24.7. The van der Waals surface area contributed by atoms with Crippen LogP contribution in [0, 0.1) is 5.92 Å². The van der Waals surface area contributed by atoms with Crippen molar-refractivity contribution in [2.24, 2.45) is 5.92 Å². The number of hydrogen-bond donors (Lipinski definition) is 0. The number of carbonyl (C=O) groups is 2. The lowest BCUT2D eigenvalue weighted by Gasteiger charge is -2.27. The minimum absolute atomic E-state index is 0.0702. The Morgan fingerprint density at radius 1 is 0.958 bits per heavy atom. The molecule has 1 atom stereocenters. The van der Waals surface area contributed by atoms with Crippen molar-refractivity contribution in [1.82, 2.24) is 0 Å². The molecule has 0 heterocycles. The molecule has 1 unspecified atom stereocenters. The minimum Gasteiger partial charge on any atom is -0.295 e. The standard InChI is InChI=1S/C22H14O2/c23-19-6-5-15-12-21-18(8-16(15)10-19)9-17-7-13-3-1-2-4-14(13)11-20(17)22(21)24/h1-9,11-12,15H,10H2. The van der Waals surface area contributed by atoms with Gasteiger partial charge >= 0.3 is 0 Å². The van der Waals surface area contributed by atoms with Crippen molar-refractivity contribution in [3.05, 3.63) is 88.5 Å². The predicted octanol–water partition coefficient (Wildman–Crippen LogP) is 4.43. The van der Waals surface area contributed by atoms with E-state index in [1.807, 2.05) is 42.5 Å². The van der Waals surface area contributed by atoms with Crippen LogP contribution in [0.25, 0.3) is 16.8 Å². The monoisotopic (exact) mass is 310 g/mol. The maximum Gasteiger partial charge on any atom is 0.193 e. The number of Topliss-reactive ketones (excluding diaryl/α,β-unsaturated/α-hetero) is 1. The minimum atomic E-state index is 0.0702. The van der Waals surface area contributed by atoms with Gasteiger partial charge in [-0.2, -0.15) is 0 Å². The molecule has 2 nitrogen and oxygen atoms in total. The number of ketones is 2. The Morgan fingerprint density at radius 2 is 1.75 bits per heavy atom. The summed E-state index contributed by atoms with van der Waals surface area (Å²) in [5.41, 5.74) is 4.48. The van der Waals surface area contributed by atoms with E-state index in [0.717, 1.165) is 38.6 Å². The van der Waals surface area contributed by atoms with Crippen LogP contribution in [0.2, 0.25) is 0 Å². The van der Waals surface area contributed by atoms with Crippen molar-refractivity contribution in [1.29, 1.82) is 0 Å². The van der Waals surface area contributed by atoms with E-state index in [9.17, 15) is 9.59 Å². The van der Waals surface area contributed by atoms with Crippen LogP contribution < -0.4 is 0 Å². The van der Waals surface area contributed by atoms with Crippen LogP contribution in [0.5, 0.6) is 0 Å². The van der Waals surface area contributed by atoms with Crippen LogP contribution in [0.1, 0.15) is 22.3 Å². The van der Waals surface area contributed by atoms with Gasteiger partial charge in [-0.25, -0.2) is 0 Å². The Balaban J connectivity index is 1.72. The molecule has 24 heavy (non-hydrogen) atoms. The Kier molecular flexibility index (Phi) is 2.66. The van der Waals surface area contributed by atoms with Gasteiger partial charge < -0.3 is 0 Å². The molecule has 0 spiro atoms. The normalized spacial score (nSPS) is 21.5. The summed E-state index contributed by atoms with van der Waals surface area (Å²) in [5.74, 6) is 0.276. The predicted molar refractivity (Wildman–Crippen MR) is 94.7 cm³/mol. The van der Waals surface area contributed by atoms with Gasteiger partial charge in [0.15, 0.2) is 11.6 Å². The van der Waals surface area contributed by atoms with Gasteiger partial charge in [0.05, 0.1) is 0 Å². The number of fused-ring (bicyclic) bond motifs is 4. The molecule has 5 rings (SSSR count). The van der Waals surface area contributed by atoms with Crippen LogP contribution >= 0.6 is 0 Å². The molecule has 2 aromatic rings. The average molecular weight is 310 g/mol. The number of allylic oxidation sites excluding steroid dienone is 7. The van der Waals surface area contributed by atoms with Crippen LogP contribution in [0.15, 0.2) is 77.4 Å². The zero-order chi connectivity index (χ0) is 16.3. The molecule has 114 valence electrons. The summed E-state index contributed by atoms with van der Waals surface area (Å²) < 4.78 is 0. The van der Waals surface area contributed by atoms with Crippen LogP contribution in [-0.2, 0) is 4.79 Å². The molecule has 0 amide bonds. The second-order valence-corrected chi connectivity index (χ2v) is 6.54. The van der Waals surface area contributed by atoms with Crippen molar-refractivity contribution >= 4 is 28.4 Å². The Bertz CT molecular complexity index is 1060. The highest BCUT2D eigenvalue weighted by Crippen LogP contribution is 2.39. The third kappa shape index (κ3) is 1.89. The Morgan fingerprint density at radius 3 is 2.58 bits per heavy atom. The van der Waals surface area contributed by atoms with E-state index in [4.69, 9.17) is 0 Å². The van der Waals surface area contributed by atoms with Crippen molar-refractivity contribution in [2.45, 2.75) is 6.42 Å².